The smallest absolute Gasteiger partial charge is 0.238 e. The van der Waals surface area contributed by atoms with E-state index in [1.165, 1.54) is 16.6 Å². The summed E-state index contributed by atoms with van der Waals surface area (Å²) in [4.78, 5) is 20.1. The second kappa shape index (κ2) is 8.92. The van der Waals surface area contributed by atoms with Crippen LogP contribution in [0.3, 0.4) is 0 Å². The maximum Gasteiger partial charge on any atom is 0.238 e. The lowest BCUT2D eigenvalue weighted by atomic mass is 10.1. The Bertz CT molecular complexity index is 1250. The molecule has 7 heteroatoms. The number of aromatic nitrogens is 4. The van der Waals surface area contributed by atoms with Crippen molar-refractivity contribution in [2.75, 3.05) is 26.2 Å². The van der Waals surface area contributed by atoms with Gasteiger partial charge in [0.15, 0.2) is 0 Å². The van der Waals surface area contributed by atoms with Gasteiger partial charge in [0.1, 0.15) is 11.4 Å². The fraction of sp³-hybridized carbons (Fsp3) is 0.346. The van der Waals surface area contributed by atoms with E-state index in [1.54, 1.807) is 6.20 Å². The number of nitrogens with zero attached hydrogens (tertiary/aromatic N) is 4. The Hall–Kier alpha value is -3.29. The second-order valence-corrected chi connectivity index (χ2v) is 8.90. The van der Waals surface area contributed by atoms with Gasteiger partial charge in [-0.25, -0.2) is 9.97 Å². The van der Waals surface area contributed by atoms with E-state index in [-0.39, 0.29) is 0 Å². The Kier molecular flexibility index (Phi) is 5.49. The van der Waals surface area contributed by atoms with Crippen LogP contribution in [-0.2, 0) is 25.7 Å². The molecule has 7 nitrogen and oxygen atoms in total. The number of nitrogens with one attached hydrogen (secondary N) is 2. The van der Waals surface area contributed by atoms with Crippen LogP contribution < -0.4 is 10.1 Å². The first-order valence-corrected chi connectivity index (χ1v) is 11.8. The van der Waals surface area contributed by atoms with Crippen molar-refractivity contribution in [3.63, 3.8) is 0 Å². The van der Waals surface area contributed by atoms with Gasteiger partial charge in [-0.15, -0.1) is 0 Å². The third kappa shape index (κ3) is 4.34. The van der Waals surface area contributed by atoms with Crippen LogP contribution in [0.25, 0.3) is 11.0 Å². The van der Waals surface area contributed by atoms with Gasteiger partial charge in [-0.2, -0.15) is 0 Å². The maximum atomic E-state index is 5.94. The molecule has 5 heterocycles. The summed E-state index contributed by atoms with van der Waals surface area (Å²) in [6.45, 7) is 4.04. The van der Waals surface area contributed by atoms with Gasteiger partial charge in [-0.05, 0) is 36.2 Å². The minimum absolute atomic E-state index is 0.349. The van der Waals surface area contributed by atoms with Gasteiger partial charge in [0.05, 0.1) is 17.6 Å². The highest BCUT2D eigenvalue weighted by molar-refractivity contribution is 5.81. The lowest BCUT2D eigenvalue weighted by Crippen LogP contribution is -2.43. The van der Waals surface area contributed by atoms with Crippen LogP contribution in [0.15, 0.2) is 54.9 Å². The Labute approximate surface area is 193 Å². The molecule has 4 aromatic rings. The highest BCUT2D eigenvalue weighted by Gasteiger charge is 2.24. The summed E-state index contributed by atoms with van der Waals surface area (Å²) in [6, 6.07) is 14.3. The molecule has 1 atom stereocenters. The summed E-state index contributed by atoms with van der Waals surface area (Å²) >= 11 is 0. The number of fused-ring (bicyclic) bond motifs is 4. The van der Waals surface area contributed by atoms with Crippen molar-refractivity contribution in [1.82, 2.24) is 30.2 Å². The summed E-state index contributed by atoms with van der Waals surface area (Å²) < 4.78 is 5.94. The van der Waals surface area contributed by atoms with Gasteiger partial charge >= 0.3 is 0 Å². The first-order chi connectivity index (χ1) is 16.3. The largest absolute Gasteiger partial charge is 0.437 e. The molecule has 0 fully saturated rings. The van der Waals surface area contributed by atoms with Crippen molar-refractivity contribution in [2.24, 2.45) is 0 Å². The van der Waals surface area contributed by atoms with Gasteiger partial charge in [0.25, 0.3) is 0 Å². The van der Waals surface area contributed by atoms with Crippen molar-refractivity contribution in [3.8, 4) is 11.6 Å². The molecule has 0 amide bonds. The Balaban J connectivity index is 1.14. The molecular formula is C26H28N6O. The van der Waals surface area contributed by atoms with Crippen molar-refractivity contribution in [2.45, 2.75) is 31.7 Å². The summed E-state index contributed by atoms with van der Waals surface area (Å²) in [5, 5.41) is 5.00. The molecule has 6 rings (SSSR count). The van der Waals surface area contributed by atoms with Gasteiger partial charge in [0.2, 0.25) is 5.88 Å². The highest BCUT2D eigenvalue weighted by atomic mass is 16.5. The number of hydrogen-bond donors (Lipinski definition) is 2. The zero-order chi connectivity index (χ0) is 22.0. The number of benzene rings is 1. The first kappa shape index (κ1) is 20.3. The van der Waals surface area contributed by atoms with E-state index in [1.807, 2.05) is 42.6 Å². The van der Waals surface area contributed by atoms with Gasteiger partial charge in [-0.1, -0.05) is 18.2 Å². The number of pyridine rings is 1. The molecular weight excluding hydrogens is 412 g/mol. The van der Waals surface area contributed by atoms with E-state index in [0.717, 1.165) is 74.6 Å². The molecule has 1 unspecified atom stereocenters. The van der Waals surface area contributed by atoms with Crippen molar-refractivity contribution in [3.05, 3.63) is 77.5 Å². The second-order valence-electron chi connectivity index (χ2n) is 8.90. The van der Waals surface area contributed by atoms with Gasteiger partial charge in [-0.3, -0.25) is 4.98 Å². The maximum absolute atomic E-state index is 5.94. The molecule has 2 aliphatic rings. The lowest BCUT2D eigenvalue weighted by molar-refractivity contribution is 0.251. The van der Waals surface area contributed by atoms with Crippen LogP contribution in [0.1, 0.15) is 22.6 Å². The third-order valence-electron chi connectivity index (χ3n) is 6.71. The number of H-pyrrole nitrogens is 1. The molecule has 2 aliphatic heterocycles. The van der Waals surface area contributed by atoms with Gasteiger partial charge < -0.3 is 19.9 Å². The normalized spacial score (nSPS) is 18.8. The molecule has 0 aliphatic carbocycles. The van der Waals surface area contributed by atoms with Gasteiger partial charge in [0, 0.05) is 68.8 Å². The summed E-state index contributed by atoms with van der Waals surface area (Å²) in [7, 11) is 0. The van der Waals surface area contributed by atoms with Crippen molar-refractivity contribution >= 4 is 11.0 Å². The van der Waals surface area contributed by atoms with E-state index in [0.29, 0.717) is 11.9 Å². The standard InChI is InChI=1S/C26H28N6O/c1-2-5-19(6-3-1)33-25-16-29-23-8-12-27-18(15-24(23)30-25)17-32-13-9-20-21-7-4-11-28-26(21)31-22(20)10-14-32/h1-7,11,16,18,27H,8-10,12-15,17H2,(H,28,31). The molecule has 168 valence electrons. The van der Waals surface area contributed by atoms with Crippen LogP contribution in [0.4, 0.5) is 0 Å². The quantitative estimate of drug-likeness (QED) is 0.507. The highest BCUT2D eigenvalue weighted by Crippen LogP contribution is 2.25. The SMILES string of the molecule is c1ccc(Oc2cnc3c(n2)CC(CN2CCc4[nH]c5ncccc5c4CC2)NCC3)cc1. The summed E-state index contributed by atoms with van der Waals surface area (Å²) in [5.41, 5.74) is 5.93. The molecule has 0 spiro atoms. The number of rotatable bonds is 4. The zero-order valence-corrected chi connectivity index (χ0v) is 18.6. The molecule has 0 bridgehead atoms. The average Bonchev–Trinajstić information content (AvgIpc) is 2.95. The summed E-state index contributed by atoms with van der Waals surface area (Å²) in [6.07, 6.45) is 7.45. The van der Waals surface area contributed by atoms with Crippen LogP contribution >= 0.6 is 0 Å². The molecule has 0 saturated heterocycles. The molecule has 0 radical (unpaired) electrons. The van der Waals surface area contributed by atoms with Crippen molar-refractivity contribution in [1.29, 1.82) is 0 Å². The predicted octanol–water partition coefficient (Wildman–Crippen LogP) is 3.30. The van der Waals surface area contributed by atoms with E-state index in [4.69, 9.17) is 9.72 Å². The van der Waals surface area contributed by atoms with Crippen LogP contribution in [0.2, 0.25) is 0 Å². The van der Waals surface area contributed by atoms with E-state index < -0.39 is 0 Å². The fourth-order valence-corrected chi connectivity index (χ4v) is 5.07. The summed E-state index contributed by atoms with van der Waals surface area (Å²) in [5.74, 6) is 1.35. The van der Waals surface area contributed by atoms with E-state index in [9.17, 15) is 0 Å². The molecule has 0 saturated carbocycles. The topological polar surface area (TPSA) is 79.0 Å². The Morgan fingerprint density at radius 2 is 1.88 bits per heavy atom. The zero-order valence-electron chi connectivity index (χ0n) is 18.6. The number of hydrogen-bond acceptors (Lipinski definition) is 6. The van der Waals surface area contributed by atoms with Crippen LogP contribution in [0, 0.1) is 0 Å². The average molecular weight is 441 g/mol. The van der Waals surface area contributed by atoms with Crippen molar-refractivity contribution < 1.29 is 4.74 Å². The fourth-order valence-electron chi connectivity index (χ4n) is 5.07. The van der Waals surface area contributed by atoms with Crippen LogP contribution in [0.5, 0.6) is 11.6 Å². The number of para-hydroxylation sites is 1. The monoisotopic (exact) mass is 440 g/mol. The van der Waals surface area contributed by atoms with E-state index in [2.05, 4.69) is 31.2 Å². The molecule has 33 heavy (non-hydrogen) atoms. The predicted molar refractivity (Wildman–Crippen MR) is 128 cm³/mol. The first-order valence-electron chi connectivity index (χ1n) is 11.8. The third-order valence-corrected chi connectivity index (χ3v) is 6.71. The molecule has 2 N–H and O–H groups in total. The number of ether oxygens (including phenoxy) is 1. The van der Waals surface area contributed by atoms with E-state index >= 15 is 0 Å². The Morgan fingerprint density at radius 3 is 2.82 bits per heavy atom. The minimum atomic E-state index is 0.349. The molecule has 3 aromatic heterocycles. The van der Waals surface area contributed by atoms with Crippen LogP contribution in [-0.4, -0.2) is 57.1 Å². The number of aromatic amines is 1. The minimum Gasteiger partial charge on any atom is -0.437 e. The molecule has 1 aromatic carbocycles. The lowest BCUT2D eigenvalue weighted by Gasteiger charge is -2.26. The Morgan fingerprint density at radius 1 is 0.970 bits per heavy atom.